The van der Waals surface area contributed by atoms with Gasteiger partial charge in [0.25, 0.3) is 0 Å². The molecule has 0 aromatic carbocycles. The lowest BCUT2D eigenvalue weighted by atomic mass is 10.2. The van der Waals surface area contributed by atoms with Crippen LogP contribution in [0.5, 0.6) is 0 Å². The van der Waals surface area contributed by atoms with E-state index in [0.29, 0.717) is 13.0 Å². The Balaban J connectivity index is 3.60. The SMILES string of the molecule is CCCCCOC(CC)CC(=O)OCCCC. The van der Waals surface area contributed by atoms with Crippen LogP contribution in [0, 0.1) is 0 Å². The smallest absolute Gasteiger partial charge is 0.308 e. The fourth-order valence-corrected chi connectivity index (χ4v) is 1.50. The number of hydrogen-bond acceptors (Lipinski definition) is 3. The summed E-state index contributed by atoms with van der Waals surface area (Å²) in [6.45, 7) is 7.60. The molecular formula is C14H28O3. The Morgan fingerprint density at radius 1 is 1.00 bits per heavy atom. The van der Waals surface area contributed by atoms with Crippen molar-refractivity contribution in [2.24, 2.45) is 0 Å². The van der Waals surface area contributed by atoms with Crippen LogP contribution in [0.3, 0.4) is 0 Å². The zero-order valence-corrected chi connectivity index (χ0v) is 11.7. The Kier molecular flexibility index (Phi) is 11.5. The fourth-order valence-electron chi connectivity index (χ4n) is 1.50. The van der Waals surface area contributed by atoms with E-state index < -0.39 is 0 Å². The predicted molar refractivity (Wildman–Crippen MR) is 70.0 cm³/mol. The van der Waals surface area contributed by atoms with Gasteiger partial charge >= 0.3 is 5.97 Å². The van der Waals surface area contributed by atoms with Crippen LogP contribution in [0.25, 0.3) is 0 Å². The van der Waals surface area contributed by atoms with Crippen molar-refractivity contribution in [2.45, 2.75) is 71.8 Å². The van der Waals surface area contributed by atoms with Gasteiger partial charge in [0.05, 0.1) is 19.1 Å². The van der Waals surface area contributed by atoms with Crippen molar-refractivity contribution >= 4 is 5.97 Å². The Morgan fingerprint density at radius 2 is 1.71 bits per heavy atom. The molecule has 3 nitrogen and oxygen atoms in total. The molecule has 0 aliphatic heterocycles. The molecule has 0 N–H and O–H groups in total. The summed E-state index contributed by atoms with van der Waals surface area (Å²) in [6, 6.07) is 0. The maximum absolute atomic E-state index is 11.5. The van der Waals surface area contributed by atoms with Crippen molar-refractivity contribution in [3.8, 4) is 0 Å². The number of carbonyl (C=O) groups excluding carboxylic acids is 1. The van der Waals surface area contributed by atoms with Gasteiger partial charge in [-0.1, -0.05) is 40.0 Å². The first-order valence-electron chi connectivity index (χ1n) is 7.01. The number of rotatable bonds is 11. The van der Waals surface area contributed by atoms with E-state index in [2.05, 4.69) is 13.8 Å². The molecule has 0 saturated heterocycles. The molecule has 3 heteroatoms. The van der Waals surface area contributed by atoms with E-state index in [-0.39, 0.29) is 12.1 Å². The van der Waals surface area contributed by atoms with Crippen molar-refractivity contribution in [2.75, 3.05) is 13.2 Å². The van der Waals surface area contributed by atoms with Gasteiger partial charge in [0.1, 0.15) is 0 Å². The maximum atomic E-state index is 11.5. The zero-order valence-electron chi connectivity index (χ0n) is 11.7. The third-order valence-corrected chi connectivity index (χ3v) is 2.71. The third-order valence-electron chi connectivity index (χ3n) is 2.71. The minimum absolute atomic E-state index is 0.0287. The number of esters is 1. The zero-order chi connectivity index (χ0) is 12.9. The minimum atomic E-state index is -0.124. The first-order chi connectivity index (χ1) is 8.24. The predicted octanol–water partition coefficient (Wildman–Crippen LogP) is 3.71. The van der Waals surface area contributed by atoms with E-state index in [0.717, 1.165) is 32.3 Å². The van der Waals surface area contributed by atoms with Crippen LogP contribution in [0.2, 0.25) is 0 Å². The Labute approximate surface area is 106 Å². The van der Waals surface area contributed by atoms with Gasteiger partial charge in [0.15, 0.2) is 0 Å². The third kappa shape index (κ3) is 10.3. The Hall–Kier alpha value is -0.570. The van der Waals surface area contributed by atoms with E-state index in [1.807, 2.05) is 6.92 Å². The van der Waals surface area contributed by atoms with Gasteiger partial charge in [0.2, 0.25) is 0 Å². The molecule has 0 aliphatic rings. The Bertz CT molecular complexity index is 180. The molecule has 0 amide bonds. The van der Waals surface area contributed by atoms with Crippen LogP contribution in [0.15, 0.2) is 0 Å². The van der Waals surface area contributed by atoms with Crippen LogP contribution in [0.1, 0.15) is 65.7 Å². The molecule has 1 atom stereocenters. The molecule has 0 heterocycles. The number of ether oxygens (including phenoxy) is 2. The van der Waals surface area contributed by atoms with Crippen LogP contribution < -0.4 is 0 Å². The van der Waals surface area contributed by atoms with E-state index in [4.69, 9.17) is 9.47 Å². The van der Waals surface area contributed by atoms with E-state index in [9.17, 15) is 4.79 Å². The summed E-state index contributed by atoms with van der Waals surface area (Å²) in [6.07, 6.45) is 6.76. The van der Waals surface area contributed by atoms with E-state index in [1.165, 1.54) is 12.8 Å². The molecule has 0 spiro atoms. The quantitative estimate of drug-likeness (QED) is 0.410. The molecule has 0 saturated carbocycles. The fraction of sp³-hybridized carbons (Fsp3) is 0.929. The van der Waals surface area contributed by atoms with Crippen molar-refractivity contribution in [1.29, 1.82) is 0 Å². The van der Waals surface area contributed by atoms with Gasteiger partial charge < -0.3 is 9.47 Å². The van der Waals surface area contributed by atoms with Gasteiger partial charge in [-0.05, 0) is 19.3 Å². The largest absolute Gasteiger partial charge is 0.466 e. The van der Waals surface area contributed by atoms with Gasteiger partial charge in [-0.15, -0.1) is 0 Å². The van der Waals surface area contributed by atoms with Crippen LogP contribution >= 0.6 is 0 Å². The van der Waals surface area contributed by atoms with Crippen LogP contribution in [-0.2, 0) is 14.3 Å². The average molecular weight is 244 g/mol. The van der Waals surface area contributed by atoms with E-state index in [1.54, 1.807) is 0 Å². The standard InChI is InChI=1S/C14H28O3/c1-4-7-9-11-16-13(6-3)12-14(15)17-10-8-5-2/h13H,4-12H2,1-3H3. The summed E-state index contributed by atoms with van der Waals surface area (Å²) in [4.78, 5) is 11.5. The first kappa shape index (κ1) is 16.4. The minimum Gasteiger partial charge on any atom is -0.466 e. The highest BCUT2D eigenvalue weighted by molar-refractivity contribution is 5.69. The summed E-state index contributed by atoms with van der Waals surface area (Å²) in [5, 5.41) is 0. The second kappa shape index (κ2) is 11.9. The van der Waals surface area contributed by atoms with Crippen molar-refractivity contribution < 1.29 is 14.3 Å². The molecule has 0 aromatic heterocycles. The molecule has 0 rings (SSSR count). The highest BCUT2D eigenvalue weighted by atomic mass is 16.5. The Morgan fingerprint density at radius 3 is 2.29 bits per heavy atom. The molecule has 0 bridgehead atoms. The molecule has 0 aliphatic carbocycles. The van der Waals surface area contributed by atoms with Gasteiger partial charge in [0, 0.05) is 6.61 Å². The maximum Gasteiger partial charge on any atom is 0.308 e. The van der Waals surface area contributed by atoms with Crippen molar-refractivity contribution in [3.05, 3.63) is 0 Å². The molecule has 0 radical (unpaired) electrons. The first-order valence-corrected chi connectivity index (χ1v) is 7.01. The van der Waals surface area contributed by atoms with Gasteiger partial charge in [-0.2, -0.15) is 0 Å². The summed E-state index contributed by atoms with van der Waals surface area (Å²) in [5.41, 5.74) is 0. The van der Waals surface area contributed by atoms with Crippen molar-refractivity contribution in [3.63, 3.8) is 0 Å². The number of carbonyl (C=O) groups is 1. The lowest BCUT2D eigenvalue weighted by Crippen LogP contribution is -2.19. The molecular weight excluding hydrogens is 216 g/mol. The summed E-state index contributed by atoms with van der Waals surface area (Å²) < 4.78 is 10.8. The van der Waals surface area contributed by atoms with E-state index >= 15 is 0 Å². The van der Waals surface area contributed by atoms with Gasteiger partial charge in [-0.25, -0.2) is 0 Å². The highest BCUT2D eigenvalue weighted by Gasteiger charge is 2.13. The summed E-state index contributed by atoms with van der Waals surface area (Å²) in [7, 11) is 0. The molecule has 1 unspecified atom stereocenters. The second-order valence-electron chi connectivity index (χ2n) is 4.39. The van der Waals surface area contributed by atoms with Crippen LogP contribution in [-0.4, -0.2) is 25.3 Å². The molecule has 17 heavy (non-hydrogen) atoms. The monoisotopic (exact) mass is 244 g/mol. The van der Waals surface area contributed by atoms with Crippen LogP contribution in [0.4, 0.5) is 0 Å². The van der Waals surface area contributed by atoms with Gasteiger partial charge in [-0.3, -0.25) is 4.79 Å². The normalized spacial score (nSPS) is 12.4. The summed E-state index contributed by atoms with van der Waals surface area (Å²) in [5.74, 6) is -0.124. The highest BCUT2D eigenvalue weighted by Crippen LogP contribution is 2.07. The molecule has 0 aromatic rings. The number of unbranched alkanes of at least 4 members (excludes halogenated alkanes) is 3. The number of hydrogen-bond donors (Lipinski definition) is 0. The molecule has 102 valence electrons. The topological polar surface area (TPSA) is 35.5 Å². The summed E-state index contributed by atoms with van der Waals surface area (Å²) >= 11 is 0. The lowest BCUT2D eigenvalue weighted by Gasteiger charge is -2.15. The second-order valence-corrected chi connectivity index (χ2v) is 4.39. The average Bonchev–Trinajstić information content (AvgIpc) is 2.33. The van der Waals surface area contributed by atoms with Crippen molar-refractivity contribution in [1.82, 2.24) is 0 Å². The lowest BCUT2D eigenvalue weighted by molar-refractivity contribution is -0.147. The molecule has 0 fully saturated rings.